The number of fused-ring (bicyclic) bond motifs is 1. The first-order valence-electron chi connectivity index (χ1n) is 6.57. The fourth-order valence-corrected chi connectivity index (χ4v) is 2.15. The predicted molar refractivity (Wildman–Crippen MR) is 77.4 cm³/mol. The molecule has 0 radical (unpaired) electrons. The zero-order chi connectivity index (χ0) is 15.2. The van der Waals surface area contributed by atoms with Crippen LogP contribution in [0.1, 0.15) is 12.5 Å². The van der Waals surface area contributed by atoms with Crippen molar-refractivity contribution in [3.8, 4) is 11.8 Å². The van der Waals surface area contributed by atoms with Crippen LogP contribution in [0.4, 0.5) is 4.39 Å². The minimum atomic E-state index is -0.305. The van der Waals surface area contributed by atoms with Gasteiger partial charge in [0.1, 0.15) is 17.6 Å². The summed E-state index contributed by atoms with van der Waals surface area (Å²) >= 11 is 0. The highest BCUT2D eigenvalue weighted by atomic mass is 19.1. The molecule has 2 aromatic rings. The summed E-state index contributed by atoms with van der Waals surface area (Å²) in [5, 5.41) is 12.5. The number of hydrogen-bond donors (Lipinski definition) is 1. The van der Waals surface area contributed by atoms with Crippen molar-refractivity contribution in [1.82, 2.24) is 5.32 Å². The minimum Gasteiger partial charge on any atom is -0.479 e. The van der Waals surface area contributed by atoms with E-state index in [-0.39, 0.29) is 18.3 Å². The van der Waals surface area contributed by atoms with Gasteiger partial charge in [-0.25, -0.2) is 4.39 Å². The standard InChI is InChI=1S/C16H15FN2O2/c1-11(20)19-8-6-12-2-5-16(17)14-4-3-13(10-15(12)14)21-9-7-18/h2-5,10H,6,8-9H2,1H3,(H,19,20). The molecule has 0 spiro atoms. The van der Waals surface area contributed by atoms with Crippen molar-refractivity contribution >= 4 is 16.7 Å². The van der Waals surface area contributed by atoms with Gasteiger partial charge in [0.05, 0.1) is 0 Å². The fraction of sp³-hybridized carbons (Fsp3) is 0.250. The van der Waals surface area contributed by atoms with Crippen LogP contribution < -0.4 is 10.1 Å². The van der Waals surface area contributed by atoms with E-state index in [1.807, 2.05) is 6.07 Å². The lowest BCUT2D eigenvalue weighted by molar-refractivity contribution is -0.118. The molecule has 1 amide bonds. The third-order valence-corrected chi connectivity index (χ3v) is 3.10. The molecule has 0 aliphatic rings. The fourth-order valence-electron chi connectivity index (χ4n) is 2.15. The minimum absolute atomic E-state index is 0.0535. The lowest BCUT2D eigenvalue weighted by Gasteiger charge is -2.10. The zero-order valence-corrected chi connectivity index (χ0v) is 11.6. The molecule has 0 aliphatic heterocycles. The molecule has 0 atom stereocenters. The Morgan fingerprint density at radius 3 is 2.86 bits per heavy atom. The number of nitriles is 1. The molecule has 0 saturated carbocycles. The van der Waals surface area contributed by atoms with Crippen LogP contribution in [-0.4, -0.2) is 19.1 Å². The Hall–Kier alpha value is -2.61. The molecule has 2 aromatic carbocycles. The van der Waals surface area contributed by atoms with Gasteiger partial charge in [-0.05, 0) is 41.6 Å². The largest absolute Gasteiger partial charge is 0.479 e. The lowest BCUT2D eigenvalue weighted by Crippen LogP contribution is -2.22. The third-order valence-electron chi connectivity index (χ3n) is 3.10. The Kier molecular flexibility index (Phi) is 4.72. The van der Waals surface area contributed by atoms with Crippen LogP contribution in [0.3, 0.4) is 0 Å². The summed E-state index contributed by atoms with van der Waals surface area (Å²) in [6, 6.07) is 10.0. The molecule has 4 nitrogen and oxygen atoms in total. The number of nitrogens with one attached hydrogen (secondary N) is 1. The van der Waals surface area contributed by atoms with Crippen molar-refractivity contribution in [2.24, 2.45) is 0 Å². The summed E-state index contributed by atoms with van der Waals surface area (Å²) in [6.07, 6.45) is 0.595. The van der Waals surface area contributed by atoms with Gasteiger partial charge < -0.3 is 10.1 Å². The monoisotopic (exact) mass is 286 g/mol. The molecule has 1 N–H and O–H groups in total. The topological polar surface area (TPSA) is 62.1 Å². The normalized spacial score (nSPS) is 10.1. The van der Waals surface area contributed by atoms with E-state index in [1.165, 1.54) is 13.0 Å². The van der Waals surface area contributed by atoms with E-state index in [9.17, 15) is 9.18 Å². The van der Waals surface area contributed by atoms with Crippen LogP contribution in [0, 0.1) is 17.1 Å². The molecule has 0 aliphatic carbocycles. The van der Waals surface area contributed by atoms with Gasteiger partial charge in [0, 0.05) is 18.9 Å². The van der Waals surface area contributed by atoms with Gasteiger partial charge in [-0.3, -0.25) is 4.79 Å². The summed E-state index contributed by atoms with van der Waals surface area (Å²) in [5.41, 5.74) is 0.919. The summed E-state index contributed by atoms with van der Waals surface area (Å²) in [5.74, 6) is 0.120. The maximum atomic E-state index is 13.8. The second-order valence-corrected chi connectivity index (χ2v) is 4.59. The lowest BCUT2D eigenvalue weighted by atomic mass is 10.0. The molecule has 0 bridgehead atoms. The molecule has 0 saturated heterocycles. The van der Waals surface area contributed by atoms with Gasteiger partial charge in [-0.1, -0.05) is 6.07 Å². The second kappa shape index (κ2) is 6.71. The molecule has 2 rings (SSSR count). The van der Waals surface area contributed by atoms with Gasteiger partial charge in [0.25, 0.3) is 0 Å². The van der Waals surface area contributed by atoms with Crippen LogP contribution in [0.5, 0.6) is 5.75 Å². The Morgan fingerprint density at radius 1 is 1.33 bits per heavy atom. The summed E-state index contributed by atoms with van der Waals surface area (Å²) in [7, 11) is 0. The van der Waals surface area contributed by atoms with Crippen LogP contribution in [0.25, 0.3) is 10.8 Å². The summed E-state index contributed by atoms with van der Waals surface area (Å²) in [6.45, 7) is 1.89. The molecule has 0 aromatic heterocycles. The van der Waals surface area contributed by atoms with E-state index in [4.69, 9.17) is 10.00 Å². The molecule has 5 heteroatoms. The average molecular weight is 286 g/mol. The van der Waals surface area contributed by atoms with Gasteiger partial charge >= 0.3 is 0 Å². The molecule has 21 heavy (non-hydrogen) atoms. The molecule has 108 valence electrons. The maximum Gasteiger partial charge on any atom is 0.216 e. The Balaban J connectivity index is 2.33. The highest BCUT2D eigenvalue weighted by molar-refractivity contribution is 5.87. The molecular weight excluding hydrogens is 271 g/mol. The maximum absolute atomic E-state index is 13.8. The number of carbonyl (C=O) groups is 1. The van der Waals surface area contributed by atoms with Crippen LogP contribution in [0.15, 0.2) is 30.3 Å². The van der Waals surface area contributed by atoms with Crippen molar-refractivity contribution < 1.29 is 13.9 Å². The van der Waals surface area contributed by atoms with Crippen molar-refractivity contribution in [3.63, 3.8) is 0 Å². The van der Waals surface area contributed by atoms with Crippen molar-refractivity contribution in [2.45, 2.75) is 13.3 Å². The smallest absolute Gasteiger partial charge is 0.216 e. The van der Waals surface area contributed by atoms with E-state index >= 15 is 0 Å². The first-order chi connectivity index (χ1) is 10.1. The van der Waals surface area contributed by atoms with E-state index < -0.39 is 0 Å². The number of benzene rings is 2. The van der Waals surface area contributed by atoms with Gasteiger partial charge in [0.2, 0.25) is 5.91 Å². The van der Waals surface area contributed by atoms with Gasteiger partial charge in [-0.2, -0.15) is 5.26 Å². The van der Waals surface area contributed by atoms with Crippen molar-refractivity contribution in [1.29, 1.82) is 5.26 Å². The van der Waals surface area contributed by atoms with Crippen LogP contribution >= 0.6 is 0 Å². The van der Waals surface area contributed by atoms with Crippen molar-refractivity contribution in [2.75, 3.05) is 13.2 Å². The van der Waals surface area contributed by atoms with E-state index in [1.54, 1.807) is 24.3 Å². The second-order valence-electron chi connectivity index (χ2n) is 4.59. The Bertz CT molecular complexity index is 707. The van der Waals surface area contributed by atoms with E-state index in [2.05, 4.69) is 5.32 Å². The number of amides is 1. The molecule has 0 heterocycles. The number of halogens is 1. The molecule has 0 unspecified atom stereocenters. The molecule has 0 fully saturated rings. The van der Waals surface area contributed by atoms with Crippen molar-refractivity contribution in [3.05, 3.63) is 41.7 Å². The number of hydrogen-bond acceptors (Lipinski definition) is 3. The third kappa shape index (κ3) is 3.69. The van der Waals surface area contributed by atoms with Gasteiger partial charge in [-0.15, -0.1) is 0 Å². The number of nitrogens with zero attached hydrogens (tertiary/aromatic N) is 1. The average Bonchev–Trinajstić information content (AvgIpc) is 2.47. The Labute approximate surface area is 122 Å². The summed E-state index contributed by atoms with van der Waals surface area (Å²) < 4.78 is 19.1. The van der Waals surface area contributed by atoms with E-state index in [0.717, 1.165) is 10.9 Å². The van der Waals surface area contributed by atoms with Gasteiger partial charge in [0.15, 0.2) is 6.61 Å². The van der Waals surface area contributed by atoms with Crippen LogP contribution in [-0.2, 0) is 11.2 Å². The SMILES string of the molecule is CC(=O)NCCc1ccc(F)c2ccc(OCC#N)cc12. The Morgan fingerprint density at radius 2 is 2.14 bits per heavy atom. The molecular formula is C16H15FN2O2. The first-order valence-corrected chi connectivity index (χ1v) is 6.57. The first kappa shape index (κ1) is 14.8. The number of rotatable bonds is 5. The summed E-state index contributed by atoms with van der Waals surface area (Å²) in [4.78, 5) is 10.9. The zero-order valence-electron chi connectivity index (χ0n) is 11.6. The van der Waals surface area contributed by atoms with Crippen LogP contribution in [0.2, 0.25) is 0 Å². The quantitative estimate of drug-likeness (QED) is 0.918. The highest BCUT2D eigenvalue weighted by Crippen LogP contribution is 2.26. The van der Waals surface area contributed by atoms with E-state index in [0.29, 0.717) is 24.1 Å². The number of carbonyl (C=O) groups excluding carboxylic acids is 1. The number of ether oxygens (including phenoxy) is 1. The predicted octanol–water partition coefficient (Wildman–Crippen LogP) is 2.56. The highest BCUT2D eigenvalue weighted by Gasteiger charge is 2.08.